The van der Waals surface area contributed by atoms with Gasteiger partial charge in [0.05, 0.1) is 18.4 Å². The van der Waals surface area contributed by atoms with Gasteiger partial charge in [0.1, 0.15) is 11.5 Å². The molecule has 2 heterocycles. The van der Waals surface area contributed by atoms with Crippen molar-refractivity contribution in [3.63, 3.8) is 0 Å². The first kappa shape index (κ1) is 21.9. The maximum Gasteiger partial charge on any atom is 0.433 e. The van der Waals surface area contributed by atoms with Crippen LogP contribution in [0.15, 0.2) is 48.8 Å². The van der Waals surface area contributed by atoms with Crippen LogP contribution in [-0.4, -0.2) is 44.7 Å². The van der Waals surface area contributed by atoms with Crippen LogP contribution in [0.3, 0.4) is 0 Å². The summed E-state index contributed by atoms with van der Waals surface area (Å²) >= 11 is 0. The van der Waals surface area contributed by atoms with Crippen molar-refractivity contribution in [1.29, 1.82) is 0 Å². The fourth-order valence-corrected chi connectivity index (χ4v) is 2.91. The Hall–Kier alpha value is -3.76. The molecule has 2 amide bonds. The average molecular weight is 432 g/mol. The monoisotopic (exact) mass is 432 g/mol. The molecular formula is C20H19F3N6O2. The second kappa shape index (κ2) is 8.94. The lowest BCUT2D eigenvalue weighted by Crippen LogP contribution is -2.41. The lowest BCUT2D eigenvalue weighted by atomic mass is 10.3. The molecule has 11 heteroatoms. The zero-order valence-electron chi connectivity index (χ0n) is 16.7. The summed E-state index contributed by atoms with van der Waals surface area (Å²) in [5, 5.41) is 6.60. The lowest BCUT2D eigenvalue weighted by molar-refractivity contribution is -0.141. The highest BCUT2D eigenvalue weighted by atomic mass is 19.4. The Morgan fingerprint density at radius 3 is 2.52 bits per heavy atom. The third-order valence-corrected chi connectivity index (χ3v) is 4.34. The van der Waals surface area contributed by atoms with Gasteiger partial charge >= 0.3 is 6.18 Å². The molecule has 0 atom stereocenters. The SMILES string of the molecule is CCN(C(=O)CNC(=O)c1nccc(C(F)(F)F)n1)c1c(C)cnn1-c1ccccc1. The van der Waals surface area contributed by atoms with Gasteiger partial charge in [-0.3, -0.25) is 14.5 Å². The van der Waals surface area contributed by atoms with Gasteiger partial charge in [0.2, 0.25) is 11.7 Å². The standard InChI is InChI=1S/C20H19F3N6O2/c1-3-28(19-13(2)11-26-29(19)14-7-5-4-6-8-14)16(30)12-25-18(31)17-24-10-9-15(27-17)20(21,22)23/h4-11H,3,12H2,1-2H3,(H,25,31). The minimum Gasteiger partial charge on any atom is -0.340 e. The molecule has 0 aliphatic heterocycles. The zero-order chi connectivity index (χ0) is 22.6. The van der Waals surface area contributed by atoms with Gasteiger partial charge in [0.25, 0.3) is 5.91 Å². The smallest absolute Gasteiger partial charge is 0.340 e. The summed E-state index contributed by atoms with van der Waals surface area (Å²) in [6, 6.07) is 9.86. The van der Waals surface area contributed by atoms with E-state index < -0.39 is 36.1 Å². The van der Waals surface area contributed by atoms with E-state index in [1.54, 1.807) is 24.7 Å². The molecule has 0 saturated carbocycles. The van der Waals surface area contributed by atoms with E-state index in [1.807, 2.05) is 30.3 Å². The van der Waals surface area contributed by atoms with Gasteiger partial charge in [-0.2, -0.15) is 18.3 Å². The number of rotatable bonds is 6. The van der Waals surface area contributed by atoms with E-state index >= 15 is 0 Å². The lowest BCUT2D eigenvalue weighted by Gasteiger charge is -2.23. The summed E-state index contributed by atoms with van der Waals surface area (Å²) in [4.78, 5) is 33.2. The number of nitrogens with one attached hydrogen (secondary N) is 1. The highest BCUT2D eigenvalue weighted by Gasteiger charge is 2.33. The number of carbonyl (C=O) groups is 2. The number of hydrogen-bond acceptors (Lipinski definition) is 5. The molecule has 0 saturated heterocycles. The number of nitrogens with zero attached hydrogens (tertiary/aromatic N) is 5. The Balaban J connectivity index is 1.76. The van der Waals surface area contributed by atoms with Crippen LogP contribution in [-0.2, 0) is 11.0 Å². The van der Waals surface area contributed by atoms with Crippen molar-refractivity contribution in [1.82, 2.24) is 25.1 Å². The number of hydrogen-bond donors (Lipinski definition) is 1. The van der Waals surface area contributed by atoms with Gasteiger partial charge in [-0.25, -0.2) is 14.6 Å². The molecule has 0 aliphatic rings. The maximum atomic E-state index is 12.8. The van der Waals surface area contributed by atoms with Crippen LogP contribution in [0.2, 0.25) is 0 Å². The number of alkyl halides is 3. The largest absolute Gasteiger partial charge is 0.433 e. The van der Waals surface area contributed by atoms with Crippen LogP contribution in [0, 0.1) is 6.92 Å². The van der Waals surface area contributed by atoms with Crippen molar-refractivity contribution in [2.45, 2.75) is 20.0 Å². The van der Waals surface area contributed by atoms with Crippen molar-refractivity contribution in [2.24, 2.45) is 0 Å². The molecule has 3 aromatic rings. The van der Waals surface area contributed by atoms with E-state index in [4.69, 9.17) is 0 Å². The highest BCUT2D eigenvalue weighted by molar-refractivity contribution is 5.99. The Bertz CT molecular complexity index is 1080. The van der Waals surface area contributed by atoms with Crippen molar-refractivity contribution < 1.29 is 22.8 Å². The van der Waals surface area contributed by atoms with Gasteiger partial charge in [0, 0.05) is 18.3 Å². The zero-order valence-corrected chi connectivity index (χ0v) is 16.7. The summed E-state index contributed by atoms with van der Waals surface area (Å²) in [5.41, 5.74) is 0.251. The van der Waals surface area contributed by atoms with Crippen LogP contribution >= 0.6 is 0 Å². The summed E-state index contributed by atoms with van der Waals surface area (Å²) in [5.74, 6) is -1.59. The number of halogens is 3. The molecule has 0 fully saturated rings. The van der Waals surface area contributed by atoms with E-state index in [9.17, 15) is 22.8 Å². The number of aromatic nitrogens is 4. The highest BCUT2D eigenvalue weighted by Crippen LogP contribution is 2.27. The average Bonchev–Trinajstić information content (AvgIpc) is 3.14. The molecule has 8 nitrogen and oxygen atoms in total. The number of anilines is 1. The second-order valence-corrected chi connectivity index (χ2v) is 6.48. The molecule has 162 valence electrons. The molecule has 2 aromatic heterocycles. The molecule has 1 aromatic carbocycles. The minimum atomic E-state index is -4.71. The topological polar surface area (TPSA) is 93.0 Å². The number of amides is 2. The molecule has 0 unspecified atom stereocenters. The van der Waals surface area contributed by atoms with Crippen LogP contribution in [0.25, 0.3) is 5.69 Å². The normalized spacial score (nSPS) is 11.3. The van der Waals surface area contributed by atoms with Gasteiger partial charge < -0.3 is 5.32 Å². The fourth-order valence-electron chi connectivity index (χ4n) is 2.91. The van der Waals surface area contributed by atoms with E-state index in [1.165, 1.54) is 4.90 Å². The fraction of sp³-hybridized carbons (Fsp3) is 0.250. The summed E-state index contributed by atoms with van der Waals surface area (Å²) in [7, 11) is 0. The number of carbonyl (C=O) groups excluding carboxylic acids is 2. The predicted molar refractivity (Wildman–Crippen MR) is 106 cm³/mol. The third kappa shape index (κ3) is 4.87. The molecule has 3 rings (SSSR count). The molecule has 0 spiro atoms. The molecule has 1 N–H and O–H groups in total. The first-order chi connectivity index (χ1) is 14.7. The molecule has 0 bridgehead atoms. The van der Waals surface area contributed by atoms with Crippen LogP contribution in [0.1, 0.15) is 28.8 Å². The Labute approximate surface area is 175 Å². The number of likely N-dealkylation sites (N-methyl/N-ethyl adjacent to an activating group) is 1. The second-order valence-electron chi connectivity index (χ2n) is 6.48. The predicted octanol–water partition coefficient (Wildman–Crippen LogP) is 2.77. The summed E-state index contributed by atoms with van der Waals surface area (Å²) in [6.45, 7) is 3.39. The summed E-state index contributed by atoms with van der Waals surface area (Å²) in [6.07, 6.45) is -2.25. The summed E-state index contributed by atoms with van der Waals surface area (Å²) < 4.78 is 39.9. The maximum absolute atomic E-state index is 12.8. The van der Waals surface area contributed by atoms with Crippen LogP contribution in [0.4, 0.5) is 19.0 Å². The van der Waals surface area contributed by atoms with Crippen molar-refractivity contribution in [3.05, 3.63) is 65.9 Å². The Morgan fingerprint density at radius 1 is 1.16 bits per heavy atom. The van der Waals surface area contributed by atoms with E-state index in [2.05, 4.69) is 20.4 Å². The van der Waals surface area contributed by atoms with Crippen LogP contribution in [0.5, 0.6) is 0 Å². The molecule has 31 heavy (non-hydrogen) atoms. The van der Waals surface area contributed by atoms with Crippen molar-refractivity contribution in [2.75, 3.05) is 18.0 Å². The van der Waals surface area contributed by atoms with Gasteiger partial charge in [-0.05, 0) is 32.0 Å². The third-order valence-electron chi connectivity index (χ3n) is 4.34. The number of para-hydroxylation sites is 1. The minimum absolute atomic E-state index is 0.286. The number of benzene rings is 1. The van der Waals surface area contributed by atoms with Crippen LogP contribution < -0.4 is 10.2 Å². The van der Waals surface area contributed by atoms with Gasteiger partial charge in [0.15, 0.2) is 0 Å². The van der Waals surface area contributed by atoms with Crippen molar-refractivity contribution >= 4 is 17.6 Å². The first-order valence-electron chi connectivity index (χ1n) is 9.31. The Kier molecular flexibility index (Phi) is 6.33. The molecule has 0 aliphatic carbocycles. The first-order valence-corrected chi connectivity index (χ1v) is 9.31. The quantitative estimate of drug-likeness (QED) is 0.647. The van der Waals surface area contributed by atoms with E-state index in [0.29, 0.717) is 11.9 Å². The molecule has 0 radical (unpaired) electrons. The Morgan fingerprint density at radius 2 is 1.87 bits per heavy atom. The van der Waals surface area contributed by atoms with Crippen molar-refractivity contribution in [3.8, 4) is 5.69 Å². The van der Waals surface area contributed by atoms with E-state index in [-0.39, 0.29) is 6.54 Å². The molecular weight excluding hydrogens is 413 g/mol. The van der Waals surface area contributed by atoms with E-state index in [0.717, 1.165) is 17.4 Å². The number of aryl methyl sites for hydroxylation is 1. The van der Waals surface area contributed by atoms with Gasteiger partial charge in [-0.1, -0.05) is 18.2 Å². The van der Waals surface area contributed by atoms with Gasteiger partial charge in [-0.15, -0.1) is 0 Å².